The summed E-state index contributed by atoms with van der Waals surface area (Å²) in [5.74, 6) is 1.83. The van der Waals surface area contributed by atoms with Crippen LogP contribution in [0.2, 0.25) is 0 Å². The molecule has 0 saturated heterocycles. The summed E-state index contributed by atoms with van der Waals surface area (Å²) in [5.41, 5.74) is 0. The quantitative estimate of drug-likeness (QED) is 0.505. The van der Waals surface area contributed by atoms with Crippen LogP contribution in [0.1, 0.15) is 32.6 Å². The monoisotopic (exact) mass is 124 g/mol. The molecular weight excluding hydrogens is 108 g/mol. The molecule has 0 aromatic carbocycles. The van der Waals surface area contributed by atoms with E-state index in [1.165, 1.54) is 25.7 Å². The van der Waals surface area contributed by atoms with Crippen LogP contribution in [0.25, 0.3) is 0 Å². The molecule has 0 amide bonds. The molecule has 0 heterocycles. The lowest BCUT2D eigenvalue weighted by Gasteiger charge is -2.02. The van der Waals surface area contributed by atoms with Gasteiger partial charge in [-0.1, -0.05) is 25.8 Å². The van der Waals surface area contributed by atoms with E-state index in [2.05, 4.69) is 19.6 Å². The van der Waals surface area contributed by atoms with Crippen LogP contribution in [-0.4, -0.2) is 0 Å². The standard InChI is InChI=1S/C9H16/c1-3-8(2)4-5-9-6-7-9/h3,8-9H,1,4-7H2,2H3. The predicted octanol–water partition coefficient (Wildman–Crippen LogP) is 3.00. The Morgan fingerprint density at radius 2 is 2.33 bits per heavy atom. The van der Waals surface area contributed by atoms with Crippen LogP contribution < -0.4 is 0 Å². The SMILES string of the molecule is C=CC(C)CCC1CC1. The van der Waals surface area contributed by atoms with E-state index in [1.54, 1.807) is 0 Å². The summed E-state index contributed by atoms with van der Waals surface area (Å²) in [7, 11) is 0. The van der Waals surface area contributed by atoms with Gasteiger partial charge in [0.1, 0.15) is 0 Å². The molecule has 1 fully saturated rings. The molecule has 1 saturated carbocycles. The van der Waals surface area contributed by atoms with Crippen molar-refractivity contribution in [2.24, 2.45) is 11.8 Å². The maximum Gasteiger partial charge on any atom is -0.0265 e. The third-order valence-electron chi connectivity index (χ3n) is 2.13. The molecule has 0 bridgehead atoms. The number of allylic oxidation sites excluding steroid dienone is 1. The summed E-state index contributed by atoms with van der Waals surface area (Å²) in [4.78, 5) is 0. The fourth-order valence-corrected chi connectivity index (χ4v) is 1.02. The van der Waals surface area contributed by atoms with E-state index in [-0.39, 0.29) is 0 Å². The first-order valence-electron chi connectivity index (χ1n) is 3.95. The highest BCUT2D eigenvalue weighted by molar-refractivity contribution is 4.79. The smallest absolute Gasteiger partial charge is 0.0265 e. The summed E-state index contributed by atoms with van der Waals surface area (Å²) < 4.78 is 0. The van der Waals surface area contributed by atoms with Crippen molar-refractivity contribution in [2.75, 3.05) is 0 Å². The molecule has 1 aliphatic rings. The molecule has 0 nitrogen and oxygen atoms in total. The van der Waals surface area contributed by atoms with Crippen molar-refractivity contribution in [1.82, 2.24) is 0 Å². The summed E-state index contributed by atoms with van der Waals surface area (Å²) in [5, 5.41) is 0. The minimum atomic E-state index is 0.741. The minimum absolute atomic E-state index is 0.741. The first-order valence-corrected chi connectivity index (χ1v) is 3.95. The Hall–Kier alpha value is -0.260. The van der Waals surface area contributed by atoms with Crippen molar-refractivity contribution < 1.29 is 0 Å². The Kier molecular flexibility index (Phi) is 2.32. The maximum absolute atomic E-state index is 3.76. The van der Waals surface area contributed by atoms with E-state index in [1.807, 2.05) is 0 Å². The molecule has 0 aromatic heterocycles. The van der Waals surface area contributed by atoms with Gasteiger partial charge < -0.3 is 0 Å². The van der Waals surface area contributed by atoms with Crippen LogP contribution in [0.3, 0.4) is 0 Å². The van der Waals surface area contributed by atoms with Crippen LogP contribution in [0.4, 0.5) is 0 Å². The third-order valence-corrected chi connectivity index (χ3v) is 2.13. The zero-order valence-corrected chi connectivity index (χ0v) is 6.27. The zero-order valence-electron chi connectivity index (χ0n) is 6.27. The first kappa shape index (κ1) is 6.85. The highest BCUT2D eigenvalue weighted by Crippen LogP contribution is 2.34. The third kappa shape index (κ3) is 2.69. The van der Waals surface area contributed by atoms with Crippen molar-refractivity contribution in [3.8, 4) is 0 Å². The molecule has 1 atom stereocenters. The van der Waals surface area contributed by atoms with E-state index < -0.39 is 0 Å². The molecule has 1 rings (SSSR count). The second-order valence-corrected chi connectivity index (χ2v) is 3.23. The minimum Gasteiger partial charge on any atom is -0.103 e. The largest absolute Gasteiger partial charge is 0.103 e. The molecule has 9 heavy (non-hydrogen) atoms. The van der Waals surface area contributed by atoms with Gasteiger partial charge in [-0.25, -0.2) is 0 Å². The molecule has 0 spiro atoms. The highest BCUT2D eigenvalue weighted by Gasteiger charge is 2.20. The van der Waals surface area contributed by atoms with Crippen molar-refractivity contribution in [2.45, 2.75) is 32.6 Å². The lowest BCUT2D eigenvalue weighted by Crippen LogP contribution is -1.88. The average Bonchev–Trinajstić information content (AvgIpc) is 2.65. The van der Waals surface area contributed by atoms with Gasteiger partial charge in [0.25, 0.3) is 0 Å². The Morgan fingerprint density at radius 1 is 1.67 bits per heavy atom. The fourth-order valence-electron chi connectivity index (χ4n) is 1.02. The molecule has 0 radical (unpaired) electrons. The Morgan fingerprint density at radius 3 is 2.78 bits per heavy atom. The number of rotatable bonds is 4. The van der Waals surface area contributed by atoms with E-state index in [4.69, 9.17) is 0 Å². The molecule has 1 unspecified atom stereocenters. The summed E-state index contributed by atoms with van der Waals surface area (Å²) >= 11 is 0. The molecule has 0 N–H and O–H groups in total. The molecule has 0 heteroatoms. The Labute approximate surface area is 58.0 Å². The van der Waals surface area contributed by atoms with E-state index in [0.717, 1.165) is 11.8 Å². The van der Waals surface area contributed by atoms with Crippen LogP contribution in [0, 0.1) is 11.8 Å². The van der Waals surface area contributed by atoms with Gasteiger partial charge >= 0.3 is 0 Å². The van der Waals surface area contributed by atoms with Crippen molar-refractivity contribution >= 4 is 0 Å². The summed E-state index contributed by atoms with van der Waals surface area (Å²) in [6.45, 7) is 6.00. The van der Waals surface area contributed by atoms with Gasteiger partial charge in [-0.15, -0.1) is 6.58 Å². The van der Waals surface area contributed by atoms with Crippen molar-refractivity contribution in [3.05, 3.63) is 12.7 Å². The van der Waals surface area contributed by atoms with Crippen LogP contribution in [0.15, 0.2) is 12.7 Å². The van der Waals surface area contributed by atoms with Crippen molar-refractivity contribution in [3.63, 3.8) is 0 Å². The van der Waals surface area contributed by atoms with Crippen LogP contribution in [-0.2, 0) is 0 Å². The van der Waals surface area contributed by atoms with Crippen LogP contribution in [0.5, 0.6) is 0 Å². The normalized spacial score (nSPS) is 21.4. The van der Waals surface area contributed by atoms with Gasteiger partial charge in [0.05, 0.1) is 0 Å². The molecule has 52 valence electrons. The summed E-state index contributed by atoms with van der Waals surface area (Å²) in [6, 6.07) is 0. The average molecular weight is 124 g/mol. The lowest BCUT2D eigenvalue weighted by atomic mass is 10.0. The highest BCUT2D eigenvalue weighted by atomic mass is 14.3. The predicted molar refractivity (Wildman–Crippen MR) is 41.3 cm³/mol. The van der Waals surface area contributed by atoms with Gasteiger partial charge in [0, 0.05) is 0 Å². The molecule has 0 aliphatic heterocycles. The number of hydrogen-bond donors (Lipinski definition) is 0. The second kappa shape index (κ2) is 3.05. The molecule has 0 aromatic rings. The molecule has 1 aliphatic carbocycles. The maximum atomic E-state index is 3.76. The van der Waals surface area contributed by atoms with Gasteiger partial charge in [-0.05, 0) is 24.7 Å². The fraction of sp³-hybridized carbons (Fsp3) is 0.778. The van der Waals surface area contributed by atoms with E-state index >= 15 is 0 Å². The zero-order chi connectivity index (χ0) is 6.69. The van der Waals surface area contributed by atoms with Crippen molar-refractivity contribution in [1.29, 1.82) is 0 Å². The topological polar surface area (TPSA) is 0 Å². The van der Waals surface area contributed by atoms with E-state index in [9.17, 15) is 0 Å². The first-order chi connectivity index (χ1) is 4.33. The lowest BCUT2D eigenvalue weighted by molar-refractivity contribution is 0.570. The second-order valence-electron chi connectivity index (χ2n) is 3.23. The Bertz CT molecular complexity index is 90.2. The van der Waals surface area contributed by atoms with Gasteiger partial charge in [-0.3, -0.25) is 0 Å². The summed E-state index contributed by atoms with van der Waals surface area (Å²) in [6.07, 6.45) is 7.83. The molecular formula is C9H16. The van der Waals surface area contributed by atoms with E-state index in [0.29, 0.717) is 0 Å². The van der Waals surface area contributed by atoms with Gasteiger partial charge in [0.2, 0.25) is 0 Å². The van der Waals surface area contributed by atoms with Gasteiger partial charge in [0.15, 0.2) is 0 Å². The van der Waals surface area contributed by atoms with Gasteiger partial charge in [-0.2, -0.15) is 0 Å². The number of hydrogen-bond acceptors (Lipinski definition) is 0. The van der Waals surface area contributed by atoms with Crippen LogP contribution >= 0.6 is 0 Å². The Balaban J connectivity index is 1.95.